The molecule has 0 spiro atoms. The van der Waals surface area contributed by atoms with Gasteiger partial charge in [-0.25, -0.2) is 4.79 Å². The van der Waals surface area contributed by atoms with E-state index in [1.807, 2.05) is 49.1 Å². The Morgan fingerprint density at radius 1 is 1.18 bits per heavy atom. The van der Waals surface area contributed by atoms with Crippen molar-refractivity contribution in [3.63, 3.8) is 0 Å². The summed E-state index contributed by atoms with van der Waals surface area (Å²) in [6, 6.07) is 14.6. The van der Waals surface area contributed by atoms with Crippen molar-refractivity contribution in [2.24, 2.45) is 0 Å². The standard InChI is InChI=1S/C25H30F3N7O2.ClH/c1-16(2)30-24(36)34-12-11-21(20(15-34)17-7-5-4-6-8-17)29-14-18-13-19(9-10-22(18)37-3)35-23(25(26,27)28)31-32-33-35;/h4-10,13,16,20-21,29H,11-12,14-15H2,1-3H3,(H,30,36);1H/t20-,21-;/m0./s1. The van der Waals surface area contributed by atoms with E-state index in [9.17, 15) is 18.0 Å². The van der Waals surface area contributed by atoms with Gasteiger partial charge in [-0.1, -0.05) is 30.3 Å². The van der Waals surface area contributed by atoms with E-state index in [2.05, 4.69) is 26.2 Å². The van der Waals surface area contributed by atoms with Crippen LogP contribution in [0.3, 0.4) is 0 Å². The van der Waals surface area contributed by atoms with Crippen LogP contribution in [0.2, 0.25) is 0 Å². The molecule has 3 aromatic rings. The lowest BCUT2D eigenvalue weighted by Crippen LogP contribution is -2.53. The third-order valence-corrected chi connectivity index (χ3v) is 6.33. The van der Waals surface area contributed by atoms with E-state index >= 15 is 0 Å². The van der Waals surface area contributed by atoms with Crippen molar-refractivity contribution in [3.8, 4) is 11.4 Å². The Morgan fingerprint density at radius 2 is 1.92 bits per heavy atom. The van der Waals surface area contributed by atoms with Crippen LogP contribution >= 0.6 is 12.4 Å². The zero-order valence-corrected chi connectivity index (χ0v) is 22.1. The van der Waals surface area contributed by atoms with E-state index in [4.69, 9.17) is 4.74 Å². The van der Waals surface area contributed by atoms with E-state index < -0.39 is 12.0 Å². The molecule has 1 saturated heterocycles. The molecule has 2 N–H and O–H groups in total. The lowest BCUT2D eigenvalue weighted by atomic mass is 9.86. The number of carbonyl (C=O) groups is 1. The minimum atomic E-state index is -4.69. The van der Waals surface area contributed by atoms with Crippen LogP contribution in [-0.4, -0.2) is 63.4 Å². The van der Waals surface area contributed by atoms with Gasteiger partial charge in [0.25, 0.3) is 5.82 Å². The third kappa shape index (κ3) is 6.73. The first-order valence-electron chi connectivity index (χ1n) is 12.0. The number of amides is 2. The van der Waals surface area contributed by atoms with Gasteiger partial charge in [-0.05, 0) is 54.5 Å². The van der Waals surface area contributed by atoms with E-state index in [1.54, 1.807) is 12.1 Å². The maximum absolute atomic E-state index is 13.3. The highest BCUT2D eigenvalue weighted by Gasteiger charge is 2.38. The number of tetrazole rings is 1. The van der Waals surface area contributed by atoms with E-state index in [0.717, 1.165) is 5.56 Å². The van der Waals surface area contributed by atoms with Gasteiger partial charge in [0.2, 0.25) is 0 Å². The Balaban J connectivity index is 0.00000400. The number of likely N-dealkylation sites (tertiary alicyclic amines) is 1. The minimum Gasteiger partial charge on any atom is -0.496 e. The molecule has 2 atom stereocenters. The molecule has 2 amide bonds. The number of halogens is 4. The Kier molecular flexibility index (Phi) is 9.55. The van der Waals surface area contributed by atoms with Gasteiger partial charge in [0, 0.05) is 43.2 Å². The van der Waals surface area contributed by atoms with Gasteiger partial charge in [0.15, 0.2) is 0 Å². The molecule has 1 aliphatic rings. The van der Waals surface area contributed by atoms with Gasteiger partial charge in [0.05, 0.1) is 12.8 Å². The summed E-state index contributed by atoms with van der Waals surface area (Å²) in [4.78, 5) is 14.5. The topological polar surface area (TPSA) is 97.2 Å². The fraction of sp³-hybridized carbons (Fsp3) is 0.440. The van der Waals surface area contributed by atoms with Crippen molar-refractivity contribution in [2.75, 3.05) is 20.2 Å². The molecule has 2 aromatic carbocycles. The molecule has 0 bridgehead atoms. The van der Waals surface area contributed by atoms with Crippen molar-refractivity contribution in [2.45, 2.75) is 51.0 Å². The molecule has 1 aliphatic heterocycles. The molecular formula is C25H31ClF3N7O2. The normalized spacial score (nSPS) is 17.7. The monoisotopic (exact) mass is 553 g/mol. The molecule has 0 unspecified atom stereocenters. The maximum Gasteiger partial charge on any atom is 0.453 e. The Bertz CT molecular complexity index is 1210. The van der Waals surface area contributed by atoms with Crippen LogP contribution in [0.4, 0.5) is 18.0 Å². The van der Waals surface area contributed by atoms with Crippen LogP contribution in [0.1, 0.15) is 43.1 Å². The highest BCUT2D eigenvalue weighted by atomic mass is 35.5. The average molecular weight is 554 g/mol. The van der Waals surface area contributed by atoms with Crippen LogP contribution in [0.15, 0.2) is 48.5 Å². The molecule has 0 saturated carbocycles. The van der Waals surface area contributed by atoms with Crippen LogP contribution in [0.5, 0.6) is 5.75 Å². The molecule has 13 heteroatoms. The number of nitrogens with zero attached hydrogens (tertiary/aromatic N) is 5. The Hall–Kier alpha value is -3.38. The van der Waals surface area contributed by atoms with Gasteiger partial charge < -0.3 is 20.3 Å². The predicted octanol–water partition coefficient (Wildman–Crippen LogP) is 4.18. The highest BCUT2D eigenvalue weighted by molar-refractivity contribution is 5.85. The van der Waals surface area contributed by atoms with Crippen molar-refractivity contribution in [1.29, 1.82) is 0 Å². The number of carbonyl (C=O) groups excluding carboxylic acids is 1. The van der Waals surface area contributed by atoms with Crippen LogP contribution in [0, 0.1) is 0 Å². The first-order valence-corrected chi connectivity index (χ1v) is 12.0. The fourth-order valence-electron chi connectivity index (χ4n) is 4.57. The largest absolute Gasteiger partial charge is 0.496 e. The van der Waals surface area contributed by atoms with Crippen molar-refractivity contribution >= 4 is 18.4 Å². The number of alkyl halides is 3. The first-order chi connectivity index (χ1) is 17.7. The van der Waals surface area contributed by atoms with Crippen LogP contribution in [-0.2, 0) is 12.7 Å². The molecule has 206 valence electrons. The molecule has 38 heavy (non-hydrogen) atoms. The number of urea groups is 1. The molecule has 9 nitrogen and oxygen atoms in total. The first kappa shape index (κ1) is 29.2. The lowest BCUT2D eigenvalue weighted by Gasteiger charge is -2.39. The number of methoxy groups -OCH3 is 1. The van der Waals surface area contributed by atoms with Gasteiger partial charge in [0.1, 0.15) is 5.75 Å². The van der Waals surface area contributed by atoms with E-state index in [1.165, 1.54) is 13.2 Å². The van der Waals surface area contributed by atoms with E-state index in [-0.39, 0.29) is 42.1 Å². The minimum absolute atomic E-state index is 0. The summed E-state index contributed by atoms with van der Waals surface area (Å²) in [5.41, 5.74) is 1.94. The fourth-order valence-corrected chi connectivity index (χ4v) is 4.57. The number of hydrogen-bond acceptors (Lipinski definition) is 6. The van der Waals surface area contributed by atoms with Crippen LogP contribution in [0.25, 0.3) is 5.69 Å². The molecule has 0 aliphatic carbocycles. The Labute approximate surface area is 225 Å². The van der Waals surface area contributed by atoms with Gasteiger partial charge in [-0.15, -0.1) is 17.5 Å². The predicted molar refractivity (Wildman–Crippen MR) is 138 cm³/mol. The van der Waals surface area contributed by atoms with Gasteiger partial charge >= 0.3 is 12.2 Å². The number of ether oxygens (including phenoxy) is 1. The Morgan fingerprint density at radius 3 is 2.58 bits per heavy atom. The van der Waals surface area contributed by atoms with Gasteiger partial charge in [-0.3, -0.25) is 0 Å². The summed E-state index contributed by atoms with van der Waals surface area (Å²) in [5, 5.41) is 16.4. The maximum atomic E-state index is 13.3. The number of nitrogens with one attached hydrogen (secondary N) is 2. The zero-order chi connectivity index (χ0) is 26.6. The van der Waals surface area contributed by atoms with Crippen molar-refractivity contribution < 1.29 is 22.7 Å². The zero-order valence-electron chi connectivity index (χ0n) is 21.3. The third-order valence-electron chi connectivity index (χ3n) is 6.33. The number of piperidine rings is 1. The quantitative estimate of drug-likeness (QED) is 0.456. The number of aromatic nitrogens is 4. The average Bonchev–Trinajstić information content (AvgIpc) is 3.38. The second-order valence-electron chi connectivity index (χ2n) is 9.25. The summed E-state index contributed by atoms with van der Waals surface area (Å²) in [5.74, 6) is -0.644. The van der Waals surface area contributed by atoms with Crippen molar-refractivity contribution in [1.82, 2.24) is 35.7 Å². The van der Waals surface area contributed by atoms with Crippen molar-refractivity contribution in [3.05, 3.63) is 65.5 Å². The van der Waals surface area contributed by atoms with Gasteiger partial charge in [-0.2, -0.15) is 17.9 Å². The number of rotatable bonds is 7. The van der Waals surface area contributed by atoms with Crippen LogP contribution < -0.4 is 15.4 Å². The summed E-state index contributed by atoms with van der Waals surface area (Å²) >= 11 is 0. The molecular weight excluding hydrogens is 523 g/mol. The molecule has 0 radical (unpaired) electrons. The second-order valence-corrected chi connectivity index (χ2v) is 9.25. The lowest BCUT2D eigenvalue weighted by molar-refractivity contribution is -0.146. The summed E-state index contributed by atoms with van der Waals surface area (Å²) in [6.45, 7) is 5.31. The molecule has 1 aromatic heterocycles. The second kappa shape index (κ2) is 12.4. The molecule has 1 fully saturated rings. The summed E-state index contributed by atoms with van der Waals surface area (Å²) in [7, 11) is 1.51. The smallest absolute Gasteiger partial charge is 0.453 e. The SMILES string of the molecule is COc1ccc(-n2nnnc2C(F)(F)F)cc1CN[C@H]1CCN(C(=O)NC(C)C)C[C@H]1c1ccccc1.Cl. The van der Waals surface area contributed by atoms with E-state index in [0.29, 0.717) is 42.0 Å². The highest BCUT2D eigenvalue weighted by Crippen LogP contribution is 2.31. The number of hydrogen-bond donors (Lipinski definition) is 2. The molecule has 4 rings (SSSR count). The number of benzene rings is 2. The summed E-state index contributed by atoms with van der Waals surface area (Å²) in [6.07, 6.45) is -3.99. The molecule has 2 heterocycles. The summed E-state index contributed by atoms with van der Waals surface area (Å²) < 4.78 is 46.1.